The number of H-pyrrole nitrogens is 1. The van der Waals surface area contributed by atoms with Crippen LogP contribution in [0.2, 0.25) is 0 Å². The van der Waals surface area contributed by atoms with Crippen LogP contribution in [0.15, 0.2) is 48.8 Å². The minimum Gasteiger partial charge on any atom is -0.368 e. The number of rotatable bonds is 2. The minimum absolute atomic E-state index is 0.153. The Hall–Kier alpha value is -2.43. The average Bonchev–Trinajstić information content (AvgIpc) is 2.56. The third-order valence-corrected chi connectivity index (χ3v) is 3.74. The summed E-state index contributed by atoms with van der Waals surface area (Å²) in [6.45, 7) is 2.71. The van der Waals surface area contributed by atoms with Gasteiger partial charge in [-0.3, -0.25) is 4.79 Å². The Morgan fingerprint density at radius 2 is 1.67 bits per heavy atom. The van der Waals surface area contributed by atoms with Crippen LogP contribution in [0.4, 0.5) is 10.1 Å². The van der Waals surface area contributed by atoms with Crippen LogP contribution < -0.4 is 9.88 Å². The largest absolute Gasteiger partial charge is 0.368 e. The second-order valence-corrected chi connectivity index (χ2v) is 5.02. The Labute approximate surface area is 122 Å². The lowest BCUT2D eigenvalue weighted by molar-refractivity contribution is -0.377. The van der Waals surface area contributed by atoms with E-state index in [1.54, 1.807) is 17.0 Å². The maximum atomic E-state index is 13.7. The molecular formula is C16H17FN3O+. The number of pyridine rings is 1. The van der Waals surface area contributed by atoms with Gasteiger partial charge in [-0.2, -0.15) is 0 Å². The SMILES string of the molecule is O=C(c1ccccc1F)N1CCN(c2cc[nH+]cc2)CC1. The van der Waals surface area contributed by atoms with Gasteiger partial charge in [0.25, 0.3) is 5.91 Å². The Balaban J connectivity index is 1.66. The Morgan fingerprint density at radius 3 is 2.33 bits per heavy atom. The van der Waals surface area contributed by atoms with Crippen LogP contribution in [0.3, 0.4) is 0 Å². The van der Waals surface area contributed by atoms with E-state index in [0.29, 0.717) is 13.1 Å². The summed E-state index contributed by atoms with van der Waals surface area (Å²) in [4.78, 5) is 19.3. The fourth-order valence-electron chi connectivity index (χ4n) is 2.56. The maximum Gasteiger partial charge on any atom is 0.256 e. The highest BCUT2D eigenvalue weighted by atomic mass is 19.1. The lowest BCUT2D eigenvalue weighted by atomic mass is 10.1. The van der Waals surface area contributed by atoms with Gasteiger partial charge in [0.1, 0.15) is 5.82 Å². The first-order valence-electron chi connectivity index (χ1n) is 7.00. The molecule has 0 unspecified atom stereocenters. The molecule has 5 heteroatoms. The molecule has 0 saturated carbocycles. The van der Waals surface area contributed by atoms with Gasteiger partial charge in [-0.25, -0.2) is 9.37 Å². The Morgan fingerprint density at radius 1 is 1.00 bits per heavy atom. The number of piperazine rings is 1. The highest BCUT2D eigenvalue weighted by Gasteiger charge is 2.24. The summed E-state index contributed by atoms with van der Waals surface area (Å²) in [6.07, 6.45) is 3.76. The number of nitrogens with zero attached hydrogens (tertiary/aromatic N) is 2. The summed E-state index contributed by atoms with van der Waals surface area (Å²) in [5.74, 6) is -0.683. The van der Waals surface area contributed by atoms with Crippen molar-refractivity contribution >= 4 is 11.6 Å². The first kappa shape index (κ1) is 13.5. The molecule has 1 aromatic heterocycles. The van der Waals surface area contributed by atoms with E-state index in [2.05, 4.69) is 9.88 Å². The van der Waals surface area contributed by atoms with Crippen LogP contribution in [-0.2, 0) is 0 Å². The molecule has 1 amide bonds. The summed E-state index contributed by atoms with van der Waals surface area (Å²) >= 11 is 0. The monoisotopic (exact) mass is 286 g/mol. The molecule has 1 aromatic carbocycles. The van der Waals surface area contributed by atoms with Gasteiger partial charge in [0, 0.05) is 44.0 Å². The molecule has 2 heterocycles. The standard InChI is InChI=1S/C16H16FN3O/c17-15-4-2-1-3-14(15)16(21)20-11-9-19(10-12-20)13-5-7-18-8-6-13/h1-8H,9-12H2/p+1. The summed E-state index contributed by atoms with van der Waals surface area (Å²) in [5, 5.41) is 0. The molecule has 1 aliphatic rings. The lowest BCUT2D eigenvalue weighted by Gasteiger charge is -2.35. The van der Waals surface area contributed by atoms with E-state index in [0.717, 1.165) is 18.8 Å². The molecule has 1 fully saturated rings. The van der Waals surface area contributed by atoms with Crippen LogP contribution in [-0.4, -0.2) is 37.0 Å². The van der Waals surface area contributed by atoms with E-state index >= 15 is 0 Å². The molecule has 0 radical (unpaired) electrons. The van der Waals surface area contributed by atoms with E-state index in [1.165, 1.54) is 12.1 Å². The van der Waals surface area contributed by atoms with E-state index in [-0.39, 0.29) is 11.5 Å². The molecule has 0 aliphatic carbocycles. The van der Waals surface area contributed by atoms with E-state index in [1.807, 2.05) is 24.5 Å². The number of hydrogen-bond donors (Lipinski definition) is 0. The molecule has 3 rings (SSSR count). The van der Waals surface area contributed by atoms with Gasteiger partial charge in [0.05, 0.1) is 5.56 Å². The van der Waals surface area contributed by atoms with Crippen molar-refractivity contribution in [1.82, 2.24) is 4.90 Å². The molecule has 2 aromatic rings. The Kier molecular flexibility index (Phi) is 3.81. The highest BCUT2D eigenvalue weighted by molar-refractivity contribution is 5.94. The first-order valence-corrected chi connectivity index (χ1v) is 7.00. The van der Waals surface area contributed by atoms with Gasteiger partial charge >= 0.3 is 0 Å². The molecule has 1 saturated heterocycles. The zero-order valence-electron chi connectivity index (χ0n) is 11.6. The van der Waals surface area contributed by atoms with Gasteiger partial charge in [0.2, 0.25) is 0 Å². The average molecular weight is 286 g/mol. The van der Waals surface area contributed by atoms with Crippen molar-refractivity contribution in [3.05, 3.63) is 60.2 Å². The predicted octanol–water partition coefficient (Wildman–Crippen LogP) is 1.60. The van der Waals surface area contributed by atoms with Crippen molar-refractivity contribution in [2.75, 3.05) is 31.1 Å². The van der Waals surface area contributed by atoms with Crippen molar-refractivity contribution < 1.29 is 14.2 Å². The first-order chi connectivity index (χ1) is 10.3. The van der Waals surface area contributed by atoms with Crippen molar-refractivity contribution in [3.8, 4) is 0 Å². The minimum atomic E-state index is -0.455. The molecule has 21 heavy (non-hydrogen) atoms. The Bertz CT molecular complexity index is 624. The number of aromatic amines is 1. The molecular weight excluding hydrogens is 269 g/mol. The molecule has 108 valence electrons. The van der Waals surface area contributed by atoms with Crippen molar-refractivity contribution in [1.29, 1.82) is 0 Å². The second-order valence-electron chi connectivity index (χ2n) is 5.02. The number of anilines is 1. The summed E-state index contributed by atoms with van der Waals surface area (Å²) < 4.78 is 13.7. The highest BCUT2D eigenvalue weighted by Crippen LogP contribution is 2.16. The number of nitrogens with one attached hydrogen (secondary N) is 1. The molecule has 1 aliphatic heterocycles. The van der Waals surface area contributed by atoms with Crippen LogP contribution in [0, 0.1) is 5.82 Å². The maximum absolute atomic E-state index is 13.7. The normalized spacial score (nSPS) is 15.1. The van der Waals surface area contributed by atoms with E-state index < -0.39 is 5.82 Å². The summed E-state index contributed by atoms with van der Waals surface area (Å²) in [7, 11) is 0. The third-order valence-electron chi connectivity index (χ3n) is 3.74. The summed E-state index contributed by atoms with van der Waals surface area (Å²) in [6, 6.07) is 10.2. The van der Waals surface area contributed by atoms with Gasteiger partial charge in [-0.05, 0) is 12.1 Å². The van der Waals surface area contributed by atoms with Crippen LogP contribution in [0.1, 0.15) is 10.4 Å². The van der Waals surface area contributed by atoms with Crippen molar-refractivity contribution in [2.45, 2.75) is 0 Å². The van der Waals surface area contributed by atoms with Crippen LogP contribution in [0.5, 0.6) is 0 Å². The quantitative estimate of drug-likeness (QED) is 0.841. The topological polar surface area (TPSA) is 37.7 Å². The zero-order chi connectivity index (χ0) is 14.7. The van der Waals surface area contributed by atoms with Gasteiger partial charge in [-0.1, -0.05) is 12.1 Å². The van der Waals surface area contributed by atoms with E-state index in [4.69, 9.17) is 0 Å². The number of carbonyl (C=O) groups is 1. The number of halogens is 1. The molecule has 0 atom stereocenters. The molecule has 0 spiro atoms. The number of benzene rings is 1. The van der Waals surface area contributed by atoms with E-state index in [9.17, 15) is 9.18 Å². The molecule has 1 N–H and O–H groups in total. The van der Waals surface area contributed by atoms with Crippen molar-refractivity contribution in [3.63, 3.8) is 0 Å². The fourth-order valence-corrected chi connectivity index (χ4v) is 2.56. The van der Waals surface area contributed by atoms with Gasteiger partial charge < -0.3 is 9.80 Å². The van der Waals surface area contributed by atoms with Gasteiger partial charge in [-0.15, -0.1) is 0 Å². The van der Waals surface area contributed by atoms with Crippen molar-refractivity contribution in [2.24, 2.45) is 0 Å². The fraction of sp³-hybridized carbons (Fsp3) is 0.250. The lowest BCUT2D eigenvalue weighted by Crippen LogP contribution is -2.49. The smallest absolute Gasteiger partial charge is 0.256 e. The van der Waals surface area contributed by atoms with Crippen LogP contribution in [0.25, 0.3) is 0 Å². The molecule has 4 nitrogen and oxygen atoms in total. The number of hydrogen-bond acceptors (Lipinski definition) is 2. The van der Waals surface area contributed by atoms with Gasteiger partial charge in [0.15, 0.2) is 12.4 Å². The number of amides is 1. The molecule has 0 bridgehead atoms. The van der Waals surface area contributed by atoms with Crippen LogP contribution >= 0.6 is 0 Å². The zero-order valence-corrected chi connectivity index (χ0v) is 11.6. The third kappa shape index (κ3) is 2.86. The second kappa shape index (κ2) is 5.91. The summed E-state index contributed by atoms with van der Waals surface area (Å²) in [5.41, 5.74) is 1.28. The number of aromatic nitrogens is 1. The number of carbonyl (C=O) groups excluding carboxylic acids is 1. The predicted molar refractivity (Wildman–Crippen MR) is 77.5 cm³/mol.